The Kier molecular flexibility index (Phi) is 7.56. The van der Waals surface area contributed by atoms with Gasteiger partial charge in [-0.25, -0.2) is 4.98 Å². The lowest BCUT2D eigenvalue weighted by atomic mass is 10.1. The third-order valence-corrected chi connectivity index (χ3v) is 6.82. The molecule has 11 heteroatoms. The van der Waals surface area contributed by atoms with Crippen LogP contribution in [-0.4, -0.2) is 85.0 Å². The molecule has 0 aliphatic carbocycles. The van der Waals surface area contributed by atoms with Gasteiger partial charge in [-0.1, -0.05) is 0 Å². The van der Waals surface area contributed by atoms with Crippen molar-refractivity contribution >= 4 is 39.1 Å². The van der Waals surface area contributed by atoms with Gasteiger partial charge < -0.3 is 30.2 Å². The van der Waals surface area contributed by atoms with Gasteiger partial charge in [0.1, 0.15) is 16.0 Å². The van der Waals surface area contributed by atoms with Crippen LogP contribution in [0.1, 0.15) is 27.1 Å². The summed E-state index contributed by atoms with van der Waals surface area (Å²) in [6.45, 7) is 5.81. The fourth-order valence-corrected chi connectivity index (χ4v) is 4.72. The second-order valence-corrected chi connectivity index (χ2v) is 9.06. The summed E-state index contributed by atoms with van der Waals surface area (Å²) in [6.07, 6.45) is 2.15. The molecule has 34 heavy (non-hydrogen) atoms. The summed E-state index contributed by atoms with van der Waals surface area (Å²) in [5.74, 6) is -0.241. The van der Waals surface area contributed by atoms with E-state index in [2.05, 4.69) is 37.4 Å². The lowest BCUT2D eigenvalue weighted by Gasteiger charge is -2.32. The van der Waals surface area contributed by atoms with E-state index in [0.717, 1.165) is 50.5 Å². The molecule has 2 amide bonds. The summed E-state index contributed by atoms with van der Waals surface area (Å²) < 4.78 is 5.79. The third-order valence-electron chi connectivity index (χ3n) is 5.85. The van der Waals surface area contributed by atoms with Crippen molar-refractivity contribution in [1.82, 2.24) is 25.1 Å². The zero-order valence-electron chi connectivity index (χ0n) is 19.2. The zero-order chi connectivity index (χ0) is 24.1. The number of fused-ring (bicyclic) bond motifs is 1. The highest BCUT2D eigenvalue weighted by Crippen LogP contribution is 2.28. The van der Waals surface area contributed by atoms with Crippen LogP contribution >= 0.6 is 11.3 Å². The molecule has 180 valence electrons. The molecule has 0 saturated carbocycles. The Labute approximate surface area is 200 Å². The molecule has 0 radical (unpaired) electrons. The van der Waals surface area contributed by atoms with Gasteiger partial charge >= 0.3 is 0 Å². The van der Waals surface area contributed by atoms with E-state index in [-0.39, 0.29) is 11.5 Å². The van der Waals surface area contributed by atoms with Crippen LogP contribution in [0.5, 0.6) is 5.75 Å². The van der Waals surface area contributed by atoms with Crippen molar-refractivity contribution in [2.75, 3.05) is 58.7 Å². The molecule has 0 bridgehead atoms. The molecule has 10 nitrogen and oxygen atoms in total. The van der Waals surface area contributed by atoms with Gasteiger partial charge in [0, 0.05) is 43.7 Å². The van der Waals surface area contributed by atoms with E-state index in [1.807, 2.05) is 0 Å². The molecule has 3 N–H and O–H groups in total. The molecule has 1 aliphatic rings. The van der Waals surface area contributed by atoms with E-state index in [0.29, 0.717) is 39.3 Å². The fraction of sp³-hybridized carbons (Fsp3) is 0.391. The molecule has 1 fully saturated rings. The highest BCUT2D eigenvalue weighted by atomic mass is 32.1. The summed E-state index contributed by atoms with van der Waals surface area (Å²) in [5.41, 5.74) is 1.23. The Morgan fingerprint density at radius 3 is 2.76 bits per heavy atom. The summed E-state index contributed by atoms with van der Waals surface area (Å²) in [7, 11) is 3.61. The topological polar surface area (TPSA) is 120 Å². The number of rotatable bonds is 8. The van der Waals surface area contributed by atoms with E-state index < -0.39 is 5.91 Å². The lowest BCUT2D eigenvalue weighted by Crippen LogP contribution is -2.45. The maximum atomic E-state index is 12.8. The fourth-order valence-electron chi connectivity index (χ4n) is 3.83. The number of piperazine rings is 1. The van der Waals surface area contributed by atoms with E-state index in [1.54, 1.807) is 23.6 Å². The van der Waals surface area contributed by atoms with Gasteiger partial charge in [-0.15, -0.1) is 11.3 Å². The molecule has 1 aromatic carbocycles. The van der Waals surface area contributed by atoms with E-state index in [1.165, 1.54) is 13.4 Å². The van der Waals surface area contributed by atoms with Gasteiger partial charge in [0.15, 0.2) is 0 Å². The molecule has 0 spiro atoms. The van der Waals surface area contributed by atoms with Gasteiger partial charge in [0.05, 0.1) is 24.7 Å². The molecule has 3 aromatic rings. The van der Waals surface area contributed by atoms with Crippen molar-refractivity contribution in [2.24, 2.45) is 0 Å². The number of nitrogens with one attached hydrogen (secondary N) is 3. The Balaban J connectivity index is 1.35. The second kappa shape index (κ2) is 10.8. The number of nitrogens with zero attached hydrogens (tertiary/aromatic N) is 3. The minimum absolute atomic E-state index is 0.193. The SMILES string of the molecule is COc1cc(C(=O)NCCCN2CCN(C)CC2)ccc1NC(=O)c1csc2c(=O)[nH]cnc12. The first kappa shape index (κ1) is 23.9. The van der Waals surface area contributed by atoms with E-state index in [4.69, 9.17) is 4.74 Å². The first-order chi connectivity index (χ1) is 16.5. The molecular weight excluding hydrogens is 456 g/mol. The van der Waals surface area contributed by atoms with Crippen LogP contribution in [0, 0.1) is 0 Å². The van der Waals surface area contributed by atoms with Crippen molar-refractivity contribution < 1.29 is 14.3 Å². The van der Waals surface area contributed by atoms with Gasteiger partial charge in [-0.05, 0) is 38.2 Å². The standard InChI is InChI=1S/C23H28N6O4S/c1-28-8-10-29(11-9-28)7-3-6-24-21(30)15-4-5-17(18(12-15)33-2)27-22(31)16-13-34-20-19(16)25-14-26-23(20)32/h4-5,12-14H,3,6-11H2,1-2H3,(H,24,30)(H,27,31)(H,25,26,32). The van der Waals surface area contributed by atoms with Gasteiger partial charge in [0.2, 0.25) is 0 Å². The average Bonchev–Trinajstić information content (AvgIpc) is 3.29. The van der Waals surface area contributed by atoms with Crippen molar-refractivity contribution in [1.29, 1.82) is 0 Å². The van der Waals surface area contributed by atoms with Gasteiger partial charge in [-0.2, -0.15) is 0 Å². The Morgan fingerprint density at radius 1 is 1.21 bits per heavy atom. The zero-order valence-corrected chi connectivity index (χ0v) is 20.0. The Bertz CT molecular complexity index is 1230. The number of hydrogen-bond donors (Lipinski definition) is 3. The minimum Gasteiger partial charge on any atom is -0.495 e. The Morgan fingerprint density at radius 2 is 2.00 bits per heavy atom. The van der Waals surface area contributed by atoms with Crippen LogP contribution in [0.4, 0.5) is 5.69 Å². The number of amides is 2. The normalized spacial score (nSPS) is 14.8. The minimum atomic E-state index is -0.413. The number of carbonyl (C=O) groups is 2. The first-order valence-corrected chi connectivity index (χ1v) is 12.0. The number of H-pyrrole nitrogens is 1. The largest absolute Gasteiger partial charge is 0.495 e. The summed E-state index contributed by atoms with van der Waals surface area (Å²) in [4.78, 5) is 48.6. The molecular formula is C23H28N6O4S. The van der Waals surface area contributed by atoms with E-state index >= 15 is 0 Å². The number of ether oxygens (including phenoxy) is 1. The maximum absolute atomic E-state index is 12.8. The van der Waals surface area contributed by atoms with Crippen LogP contribution in [-0.2, 0) is 0 Å². The number of methoxy groups -OCH3 is 1. The molecule has 1 saturated heterocycles. The van der Waals surface area contributed by atoms with Crippen LogP contribution in [0.25, 0.3) is 10.2 Å². The van der Waals surface area contributed by atoms with Crippen molar-refractivity contribution in [2.45, 2.75) is 6.42 Å². The Hall–Kier alpha value is -3.28. The van der Waals surface area contributed by atoms with Crippen LogP contribution in [0.15, 0.2) is 34.7 Å². The number of anilines is 1. The summed E-state index contributed by atoms with van der Waals surface area (Å²) in [5, 5.41) is 7.33. The molecule has 4 rings (SSSR count). The molecule has 2 aromatic heterocycles. The molecule has 1 aliphatic heterocycles. The smallest absolute Gasteiger partial charge is 0.268 e. The van der Waals surface area contributed by atoms with Crippen molar-refractivity contribution in [3.63, 3.8) is 0 Å². The first-order valence-electron chi connectivity index (χ1n) is 11.1. The number of aromatic amines is 1. The van der Waals surface area contributed by atoms with Gasteiger partial charge in [-0.3, -0.25) is 14.4 Å². The number of carbonyl (C=O) groups excluding carboxylic acids is 2. The number of aromatic nitrogens is 2. The van der Waals surface area contributed by atoms with Crippen molar-refractivity contribution in [3.05, 3.63) is 51.4 Å². The maximum Gasteiger partial charge on any atom is 0.268 e. The molecule has 0 unspecified atom stereocenters. The summed E-state index contributed by atoms with van der Waals surface area (Å²) >= 11 is 1.16. The number of hydrogen-bond acceptors (Lipinski definition) is 8. The van der Waals surface area contributed by atoms with Crippen LogP contribution < -0.4 is 20.9 Å². The quantitative estimate of drug-likeness (QED) is 0.416. The summed E-state index contributed by atoms with van der Waals surface area (Å²) in [6, 6.07) is 4.87. The number of thiophene rings is 1. The van der Waals surface area contributed by atoms with Crippen molar-refractivity contribution in [3.8, 4) is 5.75 Å². The van der Waals surface area contributed by atoms with E-state index in [9.17, 15) is 14.4 Å². The second-order valence-electron chi connectivity index (χ2n) is 8.18. The highest BCUT2D eigenvalue weighted by Gasteiger charge is 2.18. The number of likely N-dealkylation sites (N-methyl/N-ethyl adjacent to an activating group) is 1. The third kappa shape index (κ3) is 5.44. The molecule has 0 atom stereocenters. The molecule has 3 heterocycles. The van der Waals surface area contributed by atoms with Gasteiger partial charge in [0.25, 0.3) is 17.4 Å². The average molecular weight is 485 g/mol. The predicted molar refractivity (Wildman–Crippen MR) is 132 cm³/mol. The van der Waals surface area contributed by atoms with Crippen LogP contribution in [0.2, 0.25) is 0 Å². The van der Waals surface area contributed by atoms with Crippen LogP contribution in [0.3, 0.4) is 0 Å². The highest BCUT2D eigenvalue weighted by molar-refractivity contribution is 7.17. The lowest BCUT2D eigenvalue weighted by molar-refractivity contribution is 0.0948. The number of benzene rings is 1. The monoisotopic (exact) mass is 484 g/mol. The predicted octanol–water partition coefficient (Wildman–Crippen LogP) is 1.61.